The summed E-state index contributed by atoms with van der Waals surface area (Å²) in [7, 11) is 2.16. The first-order valence-electron chi connectivity index (χ1n) is 8.82. The van der Waals surface area contributed by atoms with Crippen LogP contribution in [0.15, 0.2) is 24.3 Å². The van der Waals surface area contributed by atoms with Gasteiger partial charge >= 0.3 is 0 Å². The lowest BCUT2D eigenvalue weighted by atomic mass is 10.1. The van der Waals surface area contributed by atoms with Gasteiger partial charge in [0, 0.05) is 18.0 Å². The van der Waals surface area contributed by atoms with E-state index in [9.17, 15) is 0 Å². The first kappa shape index (κ1) is 16.9. The molecule has 8 heteroatoms. The Morgan fingerprint density at radius 2 is 2.11 bits per heavy atom. The molecule has 0 saturated carbocycles. The van der Waals surface area contributed by atoms with Crippen LogP contribution < -0.4 is 4.74 Å². The van der Waals surface area contributed by atoms with Gasteiger partial charge in [-0.05, 0) is 38.1 Å². The second kappa shape index (κ2) is 6.44. The zero-order valence-corrected chi connectivity index (χ0v) is 16.6. The van der Waals surface area contributed by atoms with Crippen molar-refractivity contribution < 1.29 is 4.74 Å². The van der Waals surface area contributed by atoms with Crippen molar-refractivity contribution in [2.24, 2.45) is 0 Å². The Labute approximate surface area is 165 Å². The number of thiophene rings is 1. The summed E-state index contributed by atoms with van der Waals surface area (Å²) in [5.41, 5.74) is 2.24. The number of hydrogen-bond acceptors (Lipinski definition) is 6. The third-order valence-corrected chi connectivity index (χ3v) is 6.29. The average molecular weight is 400 g/mol. The van der Waals surface area contributed by atoms with E-state index >= 15 is 0 Å². The highest BCUT2D eigenvalue weighted by Gasteiger charge is 2.23. The first-order valence-corrected chi connectivity index (χ1v) is 10.0. The molecule has 0 amide bonds. The minimum atomic E-state index is 0.265. The summed E-state index contributed by atoms with van der Waals surface area (Å²) in [5.74, 6) is 2.09. The summed E-state index contributed by atoms with van der Waals surface area (Å²) in [4.78, 5) is 14.3. The average Bonchev–Trinajstić information content (AvgIpc) is 3.21. The Kier molecular flexibility index (Phi) is 4.03. The smallest absolute Gasteiger partial charge is 0.189 e. The van der Waals surface area contributed by atoms with E-state index in [2.05, 4.69) is 17.0 Å². The molecular formula is C19H18ClN5OS. The van der Waals surface area contributed by atoms with Gasteiger partial charge in [-0.1, -0.05) is 23.7 Å². The number of aryl methyl sites for hydroxylation is 1. The van der Waals surface area contributed by atoms with E-state index in [1.807, 2.05) is 29.6 Å². The van der Waals surface area contributed by atoms with Crippen molar-refractivity contribution in [3.8, 4) is 5.75 Å². The maximum Gasteiger partial charge on any atom is 0.189 e. The molecule has 0 atom stereocenters. The highest BCUT2D eigenvalue weighted by atomic mass is 35.5. The monoisotopic (exact) mass is 399 g/mol. The van der Waals surface area contributed by atoms with Crippen molar-refractivity contribution in [2.45, 2.75) is 26.5 Å². The molecule has 0 aliphatic carbocycles. The van der Waals surface area contributed by atoms with Crippen molar-refractivity contribution in [1.29, 1.82) is 0 Å². The standard InChI is InChI=1S/C19H18ClN5OS/c1-11-21-19-17(12-7-8-24(2)9-15(12)27-19)18-22-16(23-25(11)18)10-26-14-6-4-3-5-13(14)20/h3-6H,7-10H2,1-2H3. The van der Waals surface area contributed by atoms with Gasteiger partial charge in [-0.3, -0.25) is 0 Å². The van der Waals surface area contributed by atoms with E-state index < -0.39 is 0 Å². The van der Waals surface area contributed by atoms with E-state index in [-0.39, 0.29) is 6.61 Å². The molecule has 5 rings (SSSR count). The quantitative estimate of drug-likeness (QED) is 0.523. The number of ether oxygens (including phenoxy) is 1. The van der Waals surface area contributed by atoms with Crippen LogP contribution in [0, 0.1) is 6.92 Å². The number of benzene rings is 1. The lowest BCUT2D eigenvalue weighted by Gasteiger charge is -2.21. The Balaban J connectivity index is 1.57. The topological polar surface area (TPSA) is 55.6 Å². The molecule has 0 bridgehead atoms. The maximum atomic E-state index is 6.17. The fraction of sp³-hybridized carbons (Fsp3) is 0.316. The molecule has 0 saturated heterocycles. The number of aromatic nitrogens is 4. The lowest BCUT2D eigenvalue weighted by Crippen LogP contribution is -2.25. The van der Waals surface area contributed by atoms with Gasteiger partial charge in [0.25, 0.3) is 0 Å². The van der Waals surface area contributed by atoms with Gasteiger partial charge in [-0.2, -0.15) is 4.52 Å². The summed E-state index contributed by atoms with van der Waals surface area (Å²) >= 11 is 7.94. The second-order valence-corrected chi connectivity index (χ2v) is 8.30. The maximum absolute atomic E-state index is 6.17. The second-order valence-electron chi connectivity index (χ2n) is 6.81. The van der Waals surface area contributed by atoms with E-state index in [1.54, 1.807) is 17.4 Å². The predicted octanol–water partition coefficient (Wildman–Crippen LogP) is 3.87. The van der Waals surface area contributed by atoms with Crippen molar-refractivity contribution in [3.05, 3.63) is 51.4 Å². The van der Waals surface area contributed by atoms with E-state index in [0.29, 0.717) is 16.6 Å². The first-order chi connectivity index (χ1) is 13.1. The number of likely N-dealkylation sites (N-methyl/N-ethyl adjacent to an activating group) is 1. The SMILES string of the molecule is Cc1nc2sc3c(c2c2nc(COc4ccccc4Cl)nn12)CCN(C)C3. The number of nitrogens with zero attached hydrogens (tertiary/aromatic N) is 5. The molecule has 0 fully saturated rings. The highest BCUT2D eigenvalue weighted by molar-refractivity contribution is 7.19. The third-order valence-electron chi connectivity index (χ3n) is 4.87. The minimum Gasteiger partial charge on any atom is -0.484 e. The Bertz CT molecular complexity index is 1170. The van der Waals surface area contributed by atoms with Crippen LogP contribution in [0.2, 0.25) is 5.02 Å². The molecule has 1 aliphatic heterocycles. The Morgan fingerprint density at radius 3 is 2.96 bits per heavy atom. The minimum absolute atomic E-state index is 0.265. The Morgan fingerprint density at radius 1 is 1.26 bits per heavy atom. The number of halogens is 1. The molecule has 138 valence electrons. The molecule has 4 heterocycles. The fourth-order valence-corrected chi connectivity index (χ4v) is 5.06. The van der Waals surface area contributed by atoms with E-state index in [1.165, 1.54) is 10.4 Å². The van der Waals surface area contributed by atoms with Crippen molar-refractivity contribution in [2.75, 3.05) is 13.6 Å². The highest BCUT2D eigenvalue weighted by Crippen LogP contribution is 2.36. The van der Waals surface area contributed by atoms with Gasteiger partial charge in [0.2, 0.25) is 0 Å². The van der Waals surface area contributed by atoms with Gasteiger partial charge in [0.05, 0.1) is 10.4 Å². The van der Waals surface area contributed by atoms with E-state index in [0.717, 1.165) is 41.2 Å². The number of fused-ring (bicyclic) bond motifs is 5. The molecule has 4 aromatic rings. The molecule has 0 radical (unpaired) electrons. The molecule has 6 nitrogen and oxygen atoms in total. The summed E-state index contributed by atoms with van der Waals surface area (Å²) in [6, 6.07) is 7.42. The molecule has 0 unspecified atom stereocenters. The lowest BCUT2D eigenvalue weighted by molar-refractivity contribution is 0.296. The normalized spacial score (nSPS) is 14.8. The van der Waals surface area contributed by atoms with Crippen molar-refractivity contribution in [1.82, 2.24) is 24.5 Å². The predicted molar refractivity (Wildman–Crippen MR) is 107 cm³/mol. The van der Waals surface area contributed by atoms with Crippen LogP contribution in [0.3, 0.4) is 0 Å². The summed E-state index contributed by atoms with van der Waals surface area (Å²) < 4.78 is 7.65. The summed E-state index contributed by atoms with van der Waals surface area (Å²) in [5, 5.41) is 6.34. The molecule has 0 spiro atoms. The Hall–Kier alpha value is -2.22. The van der Waals surface area contributed by atoms with Crippen LogP contribution in [0.1, 0.15) is 22.1 Å². The molecule has 1 aromatic carbocycles. The van der Waals surface area contributed by atoms with Crippen molar-refractivity contribution in [3.63, 3.8) is 0 Å². The van der Waals surface area contributed by atoms with Crippen LogP contribution in [0.5, 0.6) is 5.75 Å². The van der Waals surface area contributed by atoms with Crippen LogP contribution in [0.25, 0.3) is 15.9 Å². The van der Waals surface area contributed by atoms with Crippen LogP contribution >= 0.6 is 22.9 Å². The molecule has 1 aliphatic rings. The fourth-order valence-electron chi connectivity index (χ4n) is 3.53. The molecule has 0 N–H and O–H groups in total. The zero-order valence-electron chi connectivity index (χ0n) is 15.1. The van der Waals surface area contributed by atoms with Crippen LogP contribution in [0.4, 0.5) is 0 Å². The summed E-state index contributed by atoms with van der Waals surface area (Å²) in [6.45, 7) is 4.25. The van der Waals surface area contributed by atoms with Gasteiger partial charge in [0.1, 0.15) is 23.0 Å². The molecule has 27 heavy (non-hydrogen) atoms. The molecule has 3 aromatic heterocycles. The van der Waals surface area contributed by atoms with Gasteiger partial charge in [-0.15, -0.1) is 16.4 Å². The third kappa shape index (κ3) is 2.86. The van der Waals surface area contributed by atoms with Gasteiger partial charge in [-0.25, -0.2) is 9.97 Å². The molecular weight excluding hydrogens is 382 g/mol. The number of hydrogen-bond donors (Lipinski definition) is 0. The zero-order chi connectivity index (χ0) is 18.5. The van der Waals surface area contributed by atoms with Gasteiger partial charge in [0.15, 0.2) is 11.5 Å². The van der Waals surface area contributed by atoms with Gasteiger partial charge < -0.3 is 9.64 Å². The van der Waals surface area contributed by atoms with Crippen molar-refractivity contribution >= 4 is 38.8 Å². The van der Waals surface area contributed by atoms with E-state index in [4.69, 9.17) is 26.3 Å². The van der Waals surface area contributed by atoms with Crippen LogP contribution in [-0.2, 0) is 19.6 Å². The number of para-hydroxylation sites is 1. The van der Waals surface area contributed by atoms with Crippen LogP contribution in [-0.4, -0.2) is 38.1 Å². The summed E-state index contributed by atoms with van der Waals surface area (Å²) in [6.07, 6.45) is 1.02. The number of rotatable bonds is 3. The largest absolute Gasteiger partial charge is 0.484 e.